The van der Waals surface area contributed by atoms with E-state index < -0.39 is 0 Å². The fraction of sp³-hybridized carbons (Fsp3) is 0.765. The van der Waals surface area contributed by atoms with Gasteiger partial charge in [-0.3, -0.25) is 4.79 Å². The molecule has 2 unspecified atom stereocenters. The second-order valence-electron chi connectivity index (χ2n) is 7.29. The first-order chi connectivity index (χ1) is 10.3. The summed E-state index contributed by atoms with van der Waals surface area (Å²) in [5.74, 6) is 0.752. The molecule has 1 aromatic heterocycles. The molecule has 0 aliphatic carbocycles. The van der Waals surface area contributed by atoms with Crippen LogP contribution in [-0.2, 0) is 16.8 Å². The van der Waals surface area contributed by atoms with Gasteiger partial charge >= 0.3 is 0 Å². The van der Waals surface area contributed by atoms with Crippen molar-refractivity contribution in [1.82, 2.24) is 15.2 Å². The summed E-state index contributed by atoms with van der Waals surface area (Å²) in [6, 6.07) is 0.501. The van der Waals surface area contributed by atoms with Crippen LogP contribution < -0.4 is 5.32 Å². The minimum atomic E-state index is 0.127. The van der Waals surface area contributed by atoms with Crippen molar-refractivity contribution >= 4 is 17.2 Å². The van der Waals surface area contributed by atoms with Crippen LogP contribution in [0.2, 0.25) is 0 Å². The van der Waals surface area contributed by atoms with Gasteiger partial charge < -0.3 is 10.2 Å². The van der Waals surface area contributed by atoms with Gasteiger partial charge in [-0.1, -0.05) is 34.1 Å². The third kappa shape index (κ3) is 4.29. The number of piperidine rings is 1. The van der Waals surface area contributed by atoms with Crippen molar-refractivity contribution < 1.29 is 4.79 Å². The fourth-order valence-corrected chi connectivity index (χ4v) is 3.89. The zero-order valence-electron chi connectivity index (χ0n) is 14.5. The van der Waals surface area contributed by atoms with Crippen LogP contribution in [-0.4, -0.2) is 34.9 Å². The summed E-state index contributed by atoms with van der Waals surface area (Å²) in [7, 11) is 0. The van der Waals surface area contributed by atoms with Gasteiger partial charge in [0.05, 0.1) is 5.01 Å². The Labute approximate surface area is 138 Å². The summed E-state index contributed by atoms with van der Waals surface area (Å²) >= 11 is 1.80. The lowest BCUT2D eigenvalue weighted by molar-refractivity contribution is -0.131. The Morgan fingerprint density at radius 3 is 2.77 bits per heavy atom. The largest absolute Gasteiger partial charge is 0.343 e. The van der Waals surface area contributed by atoms with Gasteiger partial charge in [0.15, 0.2) is 0 Å². The predicted octanol–water partition coefficient (Wildman–Crippen LogP) is 3.18. The summed E-state index contributed by atoms with van der Waals surface area (Å²) < 4.78 is 0. The molecule has 1 amide bonds. The van der Waals surface area contributed by atoms with E-state index in [0.29, 0.717) is 12.0 Å². The number of rotatable bonds is 4. The molecule has 1 aromatic rings. The maximum atomic E-state index is 11.5. The average Bonchev–Trinajstić information content (AvgIpc) is 2.93. The van der Waals surface area contributed by atoms with Crippen molar-refractivity contribution in [1.29, 1.82) is 0 Å². The molecule has 22 heavy (non-hydrogen) atoms. The van der Waals surface area contributed by atoms with Gasteiger partial charge in [0.1, 0.15) is 0 Å². The van der Waals surface area contributed by atoms with Crippen molar-refractivity contribution in [3.8, 4) is 0 Å². The number of carbonyl (C=O) groups excluding carboxylic acids is 1. The highest BCUT2D eigenvalue weighted by Crippen LogP contribution is 2.27. The molecule has 2 heterocycles. The van der Waals surface area contributed by atoms with E-state index in [1.807, 2.05) is 11.1 Å². The van der Waals surface area contributed by atoms with E-state index in [2.05, 4.69) is 38.0 Å². The maximum Gasteiger partial charge on any atom is 0.219 e. The van der Waals surface area contributed by atoms with E-state index in [-0.39, 0.29) is 11.3 Å². The Morgan fingerprint density at radius 1 is 1.50 bits per heavy atom. The summed E-state index contributed by atoms with van der Waals surface area (Å²) in [6.45, 7) is 13.1. The van der Waals surface area contributed by atoms with Gasteiger partial charge in [-0.05, 0) is 12.3 Å². The predicted molar refractivity (Wildman–Crippen MR) is 92.1 cm³/mol. The minimum absolute atomic E-state index is 0.127. The smallest absolute Gasteiger partial charge is 0.219 e. The number of hydrogen-bond donors (Lipinski definition) is 1. The molecule has 0 bridgehead atoms. The van der Waals surface area contributed by atoms with Gasteiger partial charge in [0.25, 0.3) is 0 Å². The molecule has 1 aliphatic heterocycles. The fourth-order valence-electron chi connectivity index (χ4n) is 2.97. The van der Waals surface area contributed by atoms with E-state index in [0.717, 1.165) is 32.5 Å². The molecular weight excluding hydrogens is 294 g/mol. The third-order valence-electron chi connectivity index (χ3n) is 4.44. The number of likely N-dealkylation sites (tertiary alicyclic amines) is 1. The van der Waals surface area contributed by atoms with E-state index in [1.165, 1.54) is 9.88 Å². The molecule has 5 heteroatoms. The summed E-state index contributed by atoms with van der Waals surface area (Å²) in [4.78, 5) is 19.4. The normalized spacial score (nSPS) is 22.9. The van der Waals surface area contributed by atoms with Crippen molar-refractivity contribution in [2.45, 2.75) is 65.5 Å². The number of hydrogen-bond acceptors (Lipinski definition) is 4. The summed E-state index contributed by atoms with van der Waals surface area (Å²) in [5, 5.41) is 4.89. The second-order valence-corrected chi connectivity index (χ2v) is 8.41. The first-order valence-electron chi connectivity index (χ1n) is 8.25. The number of aromatic nitrogens is 1. The first-order valence-corrected chi connectivity index (χ1v) is 9.07. The molecule has 124 valence electrons. The molecule has 2 atom stereocenters. The highest BCUT2D eigenvalue weighted by molar-refractivity contribution is 7.11. The Hall–Kier alpha value is -0.940. The van der Waals surface area contributed by atoms with Crippen LogP contribution in [0.5, 0.6) is 0 Å². The molecule has 1 N–H and O–H groups in total. The Bertz CT molecular complexity index is 506. The van der Waals surface area contributed by atoms with Crippen LogP contribution >= 0.6 is 11.3 Å². The Balaban J connectivity index is 1.91. The van der Waals surface area contributed by atoms with Crippen LogP contribution in [0.3, 0.4) is 0 Å². The van der Waals surface area contributed by atoms with Gasteiger partial charge in [-0.25, -0.2) is 4.98 Å². The van der Waals surface area contributed by atoms with Crippen LogP contribution in [0.4, 0.5) is 0 Å². The van der Waals surface area contributed by atoms with Crippen molar-refractivity contribution in [3.63, 3.8) is 0 Å². The lowest BCUT2D eigenvalue weighted by atomic mass is 9.90. The van der Waals surface area contributed by atoms with Crippen molar-refractivity contribution in [3.05, 3.63) is 16.1 Å². The molecule has 0 radical (unpaired) electrons. The Kier molecular flexibility index (Phi) is 5.61. The van der Waals surface area contributed by atoms with E-state index in [1.54, 1.807) is 18.3 Å². The summed E-state index contributed by atoms with van der Waals surface area (Å²) in [5.41, 5.74) is 0.127. The van der Waals surface area contributed by atoms with Gasteiger partial charge in [0, 0.05) is 49.1 Å². The molecule has 1 fully saturated rings. The zero-order valence-corrected chi connectivity index (χ0v) is 15.3. The SMILES string of the molecule is CCC1CN(C(C)=O)CCC1NCc1cnc(C(C)(C)C)s1. The second kappa shape index (κ2) is 7.09. The highest BCUT2D eigenvalue weighted by Gasteiger charge is 2.29. The van der Waals surface area contributed by atoms with Crippen LogP contribution in [0.15, 0.2) is 6.20 Å². The molecule has 1 saturated heterocycles. The van der Waals surface area contributed by atoms with Crippen molar-refractivity contribution in [2.24, 2.45) is 5.92 Å². The van der Waals surface area contributed by atoms with E-state index >= 15 is 0 Å². The zero-order chi connectivity index (χ0) is 16.3. The lowest BCUT2D eigenvalue weighted by Gasteiger charge is -2.38. The molecule has 0 aromatic carbocycles. The third-order valence-corrected chi connectivity index (χ3v) is 5.86. The van der Waals surface area contributed by atoms with E-state index in [4.69, 9.17) is 0 Å². The van der Waals surface area contributed by atoms with Crippen LogP contribution in [0, 0.1) is 5.92 Å². The minimum Gasteiger partial charge on any atom is -0.343 e. The maximum absolute atomic E-state index is 11.5. The van der Waals surface area contributed by atoms with Crippen LogP contribution in [0.25, 0.3) is 0 Å². The van der Waals surface area contributed by atoms with Crippen LogP contribution in [0.1, 0.15) is 57.3 Å². The molecular formula is C17H29N3OS. The highest BCUT2D eigenvalue weighted by atomic mass is 32.1. The Morgan fingerprint density at radius 2 is 2.23 bits per heavy atom. The standard InChI is InChI=1S/C17H29N3OS/c1-6-13-11-20(12(2)21)8-7-15(13)18-9-14-10-19-16(22-14)17(3,4)5/h10,13,15,18H,6-9,11H2,1-5H3. The number of carbonyl (C=O) groups is 1. The van der Waals surface area contributed by atoms with Gasteiger partial charge in [-0.2, -0.15) is 0 Å². The number of amides is 1. The van der Waals surface area contributed by atoms with E-state index in [9.17, 15) is 4.79 Å². The molecule has 0 saturated carbocycles. The molecule has 2 rings (SSSR count). The quantitative estimate of drug-likeness (QED) is 0.925. The lowest BCUT2D eigenvalue weighted by Crippen LogP contribution is -2.50. The van der Waals surface area contributed by atoms with Crippen molar-refractivity contribution in [2.75, 3.05) is 13.1 Å². The summed E-state index contributed by atoms with van der Waals surface area (Å²) in [6.07, 6.45) is 4.16. The molecule has 1 aliphatic rings. The monoisotopic (exact) mass is 323 g/mol. The average molecular weight is 324 g/mol. The van der Waals surface area contributed by atoms with Gasteiger partial charge in [-0.15, -0.1) is 11.3 Å². The number of nitrogens with zero attached hydrogens (tertiary/aromatic N) is 2. The molecule has 0 spiro atoms. The topological polar surface area (TPSA) is 45.2 Å². The van der Waals surface area contributed by atoms with Gasteiger partial charge in [0.2, 0.25) is 5.91 Å². The number of thiazole rings is 1. The molecule has 4 nitrogen and oxygen atoms in total. The number of nitrogens with one attached hydrogen (secondary N) is 1. The first kappa shape index (κ1) is 17.4.